The van der Waals surface area contributed by atoms with Crippen LogP contribution in [0.2, 0.25) is 0 Å². The summed E-state index contributed by atoms with van der Waals surface area (Å²) in [5, 5.41) is 9.12. The van der Waals surface area contributed by atoms with Gasteiger partial charge in [-0.25, -0.2) is 0 Å². The van der Waals surface area contributed by atoms with Crippen LogP contribution >= 0.6 is 0 Å². The molecule has 0 aromatic heterocycles. The van der Waals surface area contributed by atoms with Crippen LogP contribution < -0.4 is 9.64 Å². The molecule has 1 saturated heterocycles. The molecule has 1 aliphatic heterocycles. The Balaban J connectivity index is 2.37. The van der Waals surface area contributed by atoms with Crippen LogP contribution in [0.4, 0.5) is 5.69 Å². The van der Waals surface area contributed by atoms with Gasteiger partial charge in [0.2, 0.25) is 5.91 Å². The van der Waals surface area contributed by atoms with Gasteiger partial charge in [0.05, 0.1) is 24.6 Å². The summed E-state index contributed by atoms with van der Waals surface area (Å²) in [5.74, 6) is 0.476. The van der Waals surface area contributed by atoms with Gasteiger partial charge in [-0.15, -0.1) is 0 Å². The van der Waals surface area contributed by atoms with E-state index in [4.69, 9.17) is 10.00 Å². The first-order valence-corrected chi connectivity index (χ1v) is 5.87. The smallest absolute Gasteiger partial charge is 0.228 e. The highest BCUT2D eigenvalue weighted by Gasteiger charge is 2.47. The number of ether oxygens (including phenoxy) is 1. The Kier molecular flexibility index (Phi) is 3.00. The van der Waals surface area contributed by atoms with E-state index < -0.39 is 5.54 Å². The van der Waals surface area contributed by atoms with Crippen LogP contribution in [0.15, 0.2) is 24.3 Å². The molecule has 1 heterocycles. The summed E-state index contributed by atoms with van der Waals surface area (Å²) in [7, 11) is 1.60. The number of hydrogen-bond donors (Lipinski definition) is 0. The molecule has 0 aliphatic carbocycles. The van der Waals surface area contributed by atoms with Gasteiger partial charge in [0.15, 0.2) is 0 Å². The number of nitrogens with zero attached hydrogens (tertiary/aromatic N) is 2. The third-order valence-corrected chi connectivity index (χ3v) is 3.54. The topological polar surface area (TPSA) is 53.3 Å². The molecule has 1 aliphatic rings. The fourth-order valence-electron chi connectivity index (χ4n) is 2.40. The van der Waals surface area contributed by atoms with E-state index in [9.17, 15) is 4.79 Å². The van der Waals surface area contributed by atoms with Crippen molar-refractivity contribution in [2.45, 2.75) is 25.8 Å². The third kappa shape index (κ3) is 1.82. The van der Waals surface area contributed by atoms with Crippen molar-refractivity contribution in [3.8, 4) is 11.8 Å². The molecule has 94 valence electrons. The largest absolute Gasteiger partial charge is 0.497 e. The zero-order chi connectivity index (χ0) is 13.3. The Bertz CT molecular complexity index is 500. The molecule has 4 nitrogen and oxygen atoms in total. The molecule has 0 bridgehead atoms. The maximum absolute atomic E-state index is 12.1. The summed E-state index contributed by atoms with van der Waals surface area (Å²) in [6.07, 6.45) is 0.287. The molecule has 1 fully saturated rings. The van der Waals surface area contributed by atoms with Crippen molar-refractivity contribution in [3.63, 3.8) is 0 Å². The number of anilines is 1. The predicted molar refractivity (Wildman–Crippen MR) is 68.3 cm³/mol. The molecule has 0 radical (unpaired) electrons. The van der Waals surface area contributed by atoms with Crippen LogP contribution in [0.3, 0.4) is 0 Å². The van der Waals surface area contributed by atoms with Gasteiger partial charge in [-0.2, -0.15) is 5.26 Å². The van der Waals surface area contributed by atoms with Crippen molar-refractivity contribution in [3.05, 3.63) is 24.3 Å². The average molecular weight is 244 g/mol. The fourth-order valence-corrected chi connectivity index (χ4v) is 2.40. The maximum Gasteiger partial charge on any atom is 0.228 e. The van der Waals surface area contributed by atoms with E-state index in [0.29, 0.717) is 0 Å². The lowest BCUT2D eigenvalue weighted by atomic mass is 9.89. The number of rotatable bonds is 2. The molecule has 18 heavy (non-hydrogen) atoms. The number of carbonyl (C=O) groups excluding carboxylic acids is 1. The molecule has 4 heteroatoms. The molecular weight excluding hydrogens is 228 g/mol. The highest BCUT2D eigenvalue weighted by atomic mass is 16.5. The lowest BCUT2D eigenvalue weighted by molar-refractivity contribution is -0.117. The Labute approximate surface area is 107 Å². The molecule has 2 rings (SSSR count). The first-order chi connectivity index (χ1) is 8.50. The number of hydrogen-bond acceptors (Lipinski definition) is 3. The van der Waals surface area contributed by atoms with Crippen LogP contribution in [-0.4, -0.2) is 18.6 Å². The minimum absolute atomic E-state index is 0.00304. The highest BCUT2D eigenvalue weighted by molar-refractivity contribution is 5.98. The third-order valence-electron chi connectivity index (χ3n) is 3.54. The second-order valence-corrected chi connectivity index (χ2v) is 4.97. The number of methoxy groups -OCH3 is 1. The number of carbonyl (C=O) groups is 1. The first kappa shape index (κ1) is 12.4. The lowest BCUT2D eigenvalue weighted by Gasteiger charge is -2.33. The highest BCUT2D eigenvalue weighted by Crippen LogP contribution is 2.39. The Morgan fingerprint density at radius 1 is 1.39 bits per heavy atom. The van der Waals surface area contributed by atoms with E-state index in [1.54, 1.807) is 12.0 Å². The Morgan fingerprint density at radius 3 is 2.44 bits per heavy atom. The summed E-state index contributed by atoms with van der Waals surface area (Å²) < 4.78 is 5.10. The normalized spacial score (nSPS) is 21.8. The van der Waals surface area contributed by atoms with E-state index in [1.165, 1.54) is 0 Å². The quantitative estimate of drug-likeness (QED) is 0.802. The van der Waals surface area contributed by atoms with E-state index in [-0.39, 0.29) is 18.2 Å². The van der Waals surface area contributed by atoms with Crippen molar-refractivity contribution in [2.24, 2.45) is 5.92 Å². The van der Waals surface area contributed by atoms with Gasteiger partial charge in [0.1, 0.15) is 5.75 Å². The molecular formula is C14H16N2O2. The van der Waals surface area contributed by atoms with E-state index in [2.05, 4.69) is 6.07 Å². The van der Waals surface area contributed by atoms with E-state index in [1.807, 2.05) is 38.1 Å². The predicted octanol–water partition coefficient (Wildman–Crippen LogP) is 2.35. The molecule has 1 unspecified atom stereocenters. The maximum atomic E-state index is 12.1. The molecule has 0 N–H and O–H groups in total. The van der Waals surface area contributed by atoms with Crippen LogP contribution in [0.25, 0.3) is 0 Å². The van der Waals surface area contributed by atoms with Crippen molar-refractivity contribution < 1.29 is 9.53 Å². The van der Waals surface area contributed by atoms with Crippen LogP contribution in [-0.2, 0) is 4.79 Å². The minimum atomic E-state index is -0.472. The van der Waals surface area contributed by atoms with Crippen LogP contribution in [0.1, 0.15) is 20.3 Å². The average Bonchev–Trinajstić information content (AvgIpc) is 2.59. The summed E-state index contributed by atoms with van der Waals surface area (Å²) in [4.78, 5) is 13.8. The number of amides is 1. The number of benzene rings is 1. The number of nitriles is 1. The molecule has 1 aromatic carbocycles. The summed E-state index contributed by atoms with van der Waals surface area (Å²) in [5.41, 5.74) is 0.337. The molecule has 0 saturated carbocycles. The minimum Gasteiger partial charge on any atom is -0.497 e. The van der Waals surface area contributed by atoms with E-state index >= 15 is 0 Å². The van der Waals surface area contributed by atoms with Gasteiger partial charge in [0.25, 0.3) is 0 Å². The van der Waals surface area contributed by atoms with Gasteiger partial charge < -0.3 is 9.64 Å². The zero-order valence-corrected chi connectivity index (χ0v) is 10.8. The molecule has 1 amide bonds. The molecule has 1 atom stereocenters. The van der Waals surface area contributed by atoms with Crippen molar-refractivity contribution in [1.29, 1.82) is 5.26 Å². The SMILES string of the molecule is COc1ccc(N2C(=O)CC(C#N)C2(C)C)cc1. The van der Waals surface area contributed by atoms with Gasteiger partial charge >= 0.3 is 0 Å². The van der Waals surface area contributed by atoms with Crippen molar-refractivity contribution in [1.82, 2.24) is 0 Å². The van der Waals surface area contributed by atoms with Crippen LogP contribution in [0, 0.1) is 17.2 Å². The standard InChI is InChI=1S/C14H16N2O2/c1-14(2)10(9-15)8-13(17)16(14)11-4-6-12(18-3)7-5-11/h4-7,10H,8H2,1-3H3. The summed E-state index contributed by atoms with van der Waals surface area (Å²) in [6.45, 7) is 3.85. The Morgan fingerprint density at radius 2 is 2.00 bits per heavy atom. The first-order valence-electron chi connectivity index (χ1n) is 5.87. The van der Waals surface area contributed by atoms with Gasteiger partial charge in [0, 0.05) is 12.1 Å². The second-order valence-electron chi connectivity index (χ2n) is 4.97. The summed E-state index contributed by atoms with van der Waals surface area (Å²) in [6, 6.07) is 9.55. The van der Waals surface area contributed by atoms with Gasteiger partial charge in [-0.1, -0.05) is 0 Å². The van der Waals surface area contributed by atoms with Gasteiger partial charge in [-0.05, 0) is 38.1 Å². The van der Waals surface area contributed by atoms with Crippen molar-refractivity contribution >= 4 is 11.6 Å². The molecule has 0 spiro atoms. The van der Waals surface area contributed by atoms with E-state index in [0.717, 1.165) is 11.4 Å². The lowest BCUT2D eigenvalue weighted by Crippen LogP contribution is -2.44. The van der Waals surface area contributed by atoms with Gasteiger partial charge in [-0.3, -0.25) is 4.79 Å². The Hall–Kier alpha value is -2.02. The zero-order valence-electron chi connectivity index (χ0n) is 10.8. The second kappa shape index (κ2) is 4.34. The fraction of sp³-hybridized carbons (Fsp3) is 0.429. The monoisotopic (exact) mass is 244 g/mol. The van der Waals surface area contributed by atoms with Crippen LogP contribution in [0.5, 0.6) is 5.75 Å². The van der Waals surface area contributed by atoms with Crippen molar-refractivity contribution in [2.75, 3.05) is 12.0 Å². The summed E-state index contributed by atoms with van der Waals surface area (Å²) >= 11 is 0. The molecule has 1 aromatic rings.